The summed E-state index contributed by atoms with van der Waals surface area (Å²) in [5, 5.41) is 5.75. The first-order valence-electron chi connectivity index (χ1n) is 6.42. The van der Waals surface area contributed by atoms with E-state index in [9.17, 15) is 0 Å². The van der Waals surface area contributed by atoms with E-state index in [1.165, 1.54) is 12.8 Å². The molecule has 0 aromatic carbocycles. The molecular formula is C14H23NS. The average Bonchev–Trinajstić information content (AvgIpc) is 2.79. The van der Waals surface area contributed by atoms with Gasteiger partial charge in [-0.15, -0.1) is 11.3 Å². The first kappa shape index (κ1) is 12.1. The van der Waals surface area contributed by atoms with Crippen LogP contribution in [0, 0.1) is 11.3 Å². The van der Waals surface area contributed by atoms with E-state index in [0.29, 0.717) is 11.5 Å². The fourth-order valence-corrected chi connectivity index (χ4v) is 5.07. The first-order chi connectivity index (χ1) is 7.71. The Morgan fingerprint density at radius 1 is 1.38 bits per heavy atom. The monoisotopic (exact) mass is 237 g/mol. The van der Waals surface area contributed by atoms with Gasteiger partial charge >= 0.3 is 0 Å². The average molecular weight is 237 g/mol. The number of rotatable bonds is 4. The minimum atomic E-state index is 0.485. The highest BCUT2D eigenvalue weighted by Gasteiger charge is 2.57. The summed E-state index contributed by atoms with van der Waals surface area (Å²) < 4.78 is 0. The zero-order valence-electron chi connectivity index (χ0n) is 10.8. The summed E-state index contributed by atoms with van der Waals surface area (Å²) in [6.07, 6.45) is 2.56. The summed E-state index contributed by atoms with van der Waals surface area (Å²) in [5.41, 5.74) is 0.485. The van der Waals surface area contributed by atoms with Gasteiger partial charge < -0.3 is 5.32 Å². The van der Waals surface area contributed by atoms with E-state index in [2.05, 4.69) is 50.6 Å². The molecule has 0 spiro atoms. The summed E-state index contributed by atoms with van der Waals surface area (Å²) in [7, 11) is 2.12. The molecule has 0 saturated heterocycles. The molecule has 1 nitrogen and oxygen atoms in total. The molecule has 1 N–H and O–H groups in total. The summed E-state index contributed by atoms with van der Waals surface area (Å²) in [6.45, 7) is 7.09. The topological polar surface area (TPSA) is 12.0 Å². The maximum Gasteiger partial charge on any atom is 0.0158 e. The minimum Gasteiger partial charge on any atom is -0.316 e. The molecule has 3 unspecified atom stereocenters. The van der Waals surface area contributed by atoms with Gasteiger partial charge in [-0.3, -0.25) is 0 Å². The van der Waals surface area contributed by atoms with Gasteiger partial charge in [-0.25, -0.2) is 0 Å². The second-order valence-electron chi connectivity index (χ2n) is 5.06. The van der Waals surface area contributed by atoms with Crippen LogP contribution < -0.4 is 5.32 Å². The van der Waals surface area contributed by atoms with Crippen LogP contribution in [0.5, 0.6) is 0 Å². The van der Waals surface area contributed by atoms with Crippen molar-refractivity contribution >= 4 is 11.3 Å². The van der Waals surface area contributed by atoms with Crippen LogP contribution in [-0.4, -0.2) is 13.1 Å². The van der Waals surface area contributed by atoms with Crippen LogP contribution in [-0.2, 0) is 0 Å². The van der Waals surface area contributed by atoms with E-state index in [1.807, 2.05) is 11.3 Å². The number of hydrogen-bond donors (Lipinski definition) is 1. The molecule has 2 rings (SSSR count). The largest absolute Gasteiger partial charge is 0.316 e. The molecule has 16 heavy (non-hydrogen) atoms. The minimum absolute atomic E-state index is 0.485. The zero-order valence-corrected chi connectivity index (χ0v) is 11.6. The molecule has 0 bridgehead atoms. The quantitative estimate of drug-likeness (QED) is 0.838. The second kappa shape index (κ2) is 4.50. The highest BCUT2D eigenvalue weighted by Crippen LogP contribution is 2.61. The van der Waals surface area contributed by atoms with E-state index in [0.717, 1.165) is 11.8 Å². The third kappa shape index (κ3) is 1.46. The van der Waals surface area contributed by atoms with Gasteiger partial charge in [-0.05, 0) is 42.7 Å². The number of thiophene rings is 1. The molecule has 0 amide bonds. The van der Waals surface area contributed by atoms with E-state index < -0.39 is 0 Å². The summed E-state index contributed by atoms with van der Waals surface area (Å²) in [5.74, 6) is 1.53. The van der Waals surface area contributed by atoms with Crippen molar-refractivity contribution in [3.63, 3.8) is 0 Å². The van der Waals surface area contributed by atoms with Gasteiger partial charge in [0, 0.05) is 16.8 Å². The van der Waals surface area contributed by atoms with Gasteiger partial charge in [0.15, 0.2) is 0 Å². The molecule has 1 aliphatic carbocycles. The van der Waals surface area contributed by atoms with Crippen molar-refractivity contribution in [3.8, 4) is 0 Å². The Kier molecular flexibility index (Phi) is 3.41. The van der Waals surface area contributed by atoms with Crippen LogP contribution in [0.15, 0.2) is 17.5 Å². The van der Waals surface area contributed by atoms with Gasteiger partial charge in [0.05, 0.1) is 0 Å². The smallest absolute Gasteiger partial charge is 0.0158 e. The van der Waals surface area contributed by atoms with Crippen molar-refractivity contribution in [2.75, 3.05) is 7.05 Å². The van der Waals surface area contributed by atoms with E-state index in [4.69, 9.17) is 0 Å². The Hall–Kier alpha value is -0.340. The fourth-order valence-electron chi connectivity index (χ4n) is 4.01. The van der Waals surface area contributed by atoms with Gasteiger partial charge in [0.1, 0.15) is 0 Å². The van der Waals surface area contributed by atoms with E-state index in [1.54, 1.807) is 4.88 Å². The predicted molar refractivity (Wildman–Crippen MR) is 72.1 cm³/mol. The highest BCUT2D eigenvalue weighted by molar-refractivity contribution is 7.10. The lowest BCUT2D eigenvalue weighted by atomic mass is 9.48. The van der Waals surface area contributed by atoms with Crippen LogP contribution in [0.1, 0.15) is 44.4 Å². The van der Waals surface area contributed by atoms with Crippen molar-refractivity contribution in [1.82, 2.24) is 5.32 Å². The SMILES string of the molecule is CCC1(CC)C(NC)C(C)C1c1cccs1. The lowest BCUT2D eigenvalue weighted by Crippen LogP contribution is -2.63. The van der Waals surface area contributed by atoms with Crippen molar-refractivity contribution in [2.45, 2.75) is 45.6 Å². The summed E-state index contributed by atoms with van der Waals surface area (Å²) in [4.78, 5) is 1.59. The highest BCUT2D eigenvalue weighted by atomic mass is 32.1. The van der Waals surface area contributed by atoms with Crippen LogP contribution in [0.4, 0.5) is 0 Å². The Morgan fingerprint density at radius 2 is 2.06 bits per heavy atom. The second-order valence-corrected chi connectivity index (χ2v) is 6.04. The zero-order chi connectivity index (χ0) is 11.8. The molecule has 0 radical (unpaired) electrons. The molecular weight excluding hydrogens is 214 g/mol. The van der Waals surface area contributed by atoms with Crippen molar-refractivity contribution in [2.24, 2.45) is 11.3 Å². The summed E-state index contributed by atoms with van der Waals surface area (Å²) >= 11 is 1.93. The Labute approximate surface area is 103 Å². The third-order valence-electron chi connectivity index (χ3n) is 4.77. The molecule has 1 heterocycles. The Morgan fingerprint density at radius 3 is 2.50 bits per heavy atom. The molecule has 1 saturated carbocycles. The molecule has 1 aromatic heterocycles. The lowest BCUT2D eigenvalue weighted by molar-refractivity contribution is -0.0339. The van der Waals surface area contributed by atoms with Crippen LogP contribution in [0.2, 0.25) is 0 Å². The predicted octanol–water partition coefficient (Wildman–Crippen LogP) is 3.88. The van der Waals surface area contributed by atoms with Gasteiger partial charge in [-0.1, -0.05) is 26.8 Å². The molecule has 1 aromatic rings. The van der Waals surface area contributed by atoms with Crippen LogP contribution in [0.25, 0.3) is 0 Å². The lowest BCUT2D eigenvalue weighted by Gasteiger charge is -2.60. The first-order valence-corrected chi connectivity index (χ1v) is 7.29. The molecule has 1 aliphatic rings. The Bertz CT molecular complexity index is 327. The van der Waals surface area contributed by atoms with Crippen molar-refractivity contribution < 1.29 is 0 Å². The molecule has 1 fully saturated rings. The molecule has 3 atom stereocenters. The van der Waals surface area contributed by atoms with Crippen LogP contribution in [0.3, 0.4) is 0 Å². The Balaban J connectivity index is 2.31. The number of nitrogens with one attached hydrogen (secondary N) is 1. The van der Waals surface area contributed by atoms with Gasteiger partial charge in [0.25, 0.3) is 0 Å². The molecule has 90 valence electrons. The maximum absolute atomic E-state index is 3.54. The molecule has 0 aliphatic heterocycles. The van der Waals surface area contributed by atoms with Crippen molar-refractivity contribution in [1.29, 1.82) is 0 Å². The fraction of sp³-hybridized carbons (Fsp3) is 0.714. The van der Waals surface area contributed by atoms with E-state index >= 15 is 0 Å². The van der Waals surface area contributed by atoms with Crippen molar-refractivity contribution in [3.05, 3.63) is 22.4 Å². The molecule has 2 heteroatoms. The van der Waals surface area contributed by atoms with Gasteiger partial charge in [-0.2, -0.15) is 0 Å². The normalized spacial score (nSPS) is 32.4. The van der Waals surface area contributed by atoms with E-state index in [-0.39, 0.29) is 0 Å². The third-order valence-corrected chi connectivity index (χ3v) is 5.72. The number of hydrogen-bond acceptors (Lipinski definition) is 2. The van der Waals surface area contributed by atoms with Crippen LogP contribution >= 0.6 is 11.3 Å². The summed E-state index contributed by atoms with van der Waals surface area (Å²) in [6, 6.07) is 5.20. The standard InChI is InChI=1S/C14H23NS/c1-5-14(6-2)12(10(3)13(14)15-4)11-8-7-9-16-11/h7-10,12-13,15H,5-6H2,1-4H3. The van der Waals surface area contributed by atoms with Gasteiger partial charge in [0.2, 0.25) is 0 Å². The maximum atomic E-state index is 3.54.